The maximum absolute atomic E-state index is 15.7. The molecule has 9 rings (SSSR count). The van der Waals surface area contributed by atoms with Gasteiger partial charge in [-0.3, -0.25) is 29.4 Å². The van der Waals surface area contributed by atoms with Crippen LogP contribution in [0.4, 0.5) is 22.7 Å². The molecule has 6 atom stereocenters. The third kappa shape index (κ3) is 9.12. The van der Waals surface area contributed by atoms with E-state index in [0.29, 0.717) is 67.4 Å². The molecule has 16 heteroatoms. The van der Waals surface area contributed by atoms with Crippen LogP contribution in [0.15, 0.2) is 109 Å². The second-order valence-electron chi connectivity index (χ2n) is 19.7. The predicted molar refractivity (Wildman–Crippen MR) is 273 cm³/mol. The fourth-order valence-corrected chi connectivity index (χ4v) is 15.8. The minimum atomic E-state index is -2.72. The molecule has 71 heavy (non-hydrogen) atoms. The smallest absolute Gasteiger partial charge is 0.269 e. The minimum absolute atomic E-state index is 0.0641. The lowest BCUT2D eigenvalue weighted by Gasteiger charge is -2.39. The molecule has 1 fully saturated rings. The van der Waals surface area contributed by atoms with Crippen LogP contribution in [0.3, 0.4) is 0 Å². The summed E-state index contributed by atoms with van der Waals surface area (Å²) in [6, 6.07) is 32.6. The van der Waals surface area contributed by atoms with Crippen molar-refractivity contribution < 1.29 is 43.7 Å². The van der Waals surface area contributed by atoms with Gasteiger partial charge in [0.1, 0.15) is 11.5 Å². The molecule has 1 spiro atoms. The van der Waals surface area contributed by atoms with Crippen molar-refractivity contribution in [3.8, 4) is 11.5 Å². The standard InChI is InChI=1S/C55H63N5O10Si/c1-6-69-44-20-24-48-39(28-44)29-47(56-25-9-10-26-61)53(64)59(48)40-15-13-36(14-16-40)32-58-49-23-17-41(60(66)67)30-46(49)55(54(58)65)35(2)52(71(4,5)45-21-18-43(68-3)19-22-45)50(70-55)31-51(63)57-33-38-12-8-7-11-37(38)27-42(57)34-62/h7-8,11-24,28,30,35,42,47,50,52,56,61-62H,6,9-10,25-27,29,31-34H2,1-5H3/t35-,42+,47?,50+,52-,55+/m1/s1. The Morgan fingerprint density at radius 1 is 0.901 bits per heavy atom. The molecule has 0 radical (unpaired) electrons. The molecule has 15 nitrogen and oxygen atoms in total. The highest BCUT2D eigenvalue weighted by Crippen LogP contribution is 2.60. The number of amides is 3. The van der Waals surface area contributed by atoms with Gasteiger partial charge in [-0.2, -0.15) is 0 Å². The number of unbranched alkanes of at least 4 members (excludes halogenated alkanes) is 1. The number of non-ortho nitro benzene ring substituents is 1. The average Bonchev–Trinajstić information content (AvgIpc) is 3.80. The molecule has 1 unspecified atom stereocenters. The van der Waals surface area contributed by atoms with Crippen molar-refractivity contribution in [3.05, 3.63) is 147 Å². The van der Waals surface area contributed by atoms with E-state index < -0.39 is 42.7 Å². The number of benzene rings is 5. The van der Waals surface area contributed by atoms with Crippen LogP contribution in [0.1, 0.15) is 60.9 Å². The summed E-state index contributed by atoms with van der Waals surface area (Å²) in [5, 5.41) is 36.9. The van der Waals surface area contributed by atoms with Gasteiger partial charge in [0.2, 0.25) is 11.8 Å². The van der Waals surface area contributed by atoms with Crippen LogP contribution < -0.4 is 29.8 Å². The summed E-state index contributed by atoms with van der Waals surface area (Å²) in [5.41, 5.74) is 3.88. The summed E-state index contributed by atoms with van der Waals surface area (Å²) in [6.07, 6.45) is 1.50. The molecule has 372 valence electrons. The number of methoxy groups -OCH3 is 1. The molecule has 5 aromatic carbocycles. The van der Waals surface area contributed by atoms with Gasteiger partial charge in [0, 0.05) is 42.5 Å². The number of nitrogens with one attached hydrogen (secondary N) is 1. The number of ether oxygens (including phenoxy) is 3. The number of aliphatic hydroxyl groups is 2. The molecule has 5 aromatic rings. The first-order valence-electron chi connectivity index (χ1n) is 24.7. The molecular formula is C55H63N5O10Si. The van der Waals surface area contributed by atoms with E-state index in [4.69, 9.17) is 14.2 Å². The number of rotatable bonds is 17. The number of aliphatic hydroxyl groups excluding tert-OH is 2. The SMILES string of the molecule is CCOc1ccc2c(c1)CC(NCCCCO)C(=O)N2c1ccc(CN2C(=O)[C@@]3(O[C@@H](CC(=O)N4Cc5ccccc5C[C@H]4CO)[C@H]([Si](C)(C)c4ccc(OC)cc4)[C@H]3C)c3cc([N+](=O)[O-])ccc32)cc1. The van der Waals surface area contributed by atoms with Crippen LogP contribution in [-0.2, 0) is 50.7 Å². The fourth-order valence-electron chi connectivity index (χ4n) is 11.8. The van der Waals surface area contributed by atoms with E-state index in [-0.39, 0.29) is 55.1 Å². The number of nitro benzene ring substituents is 1. The van der Waals surface area contributed by atoms with Gasteiger partial charge < -0.3 is 39.5 Å². The van der Waals surface area contributed by atoms with Crippen LogP contribution in [-0.4, -0.2) is 97.5 Å². The van der Waals surface area contributed by atoms with Gasteiger partial charge in [0.05, 0.1) is 75.8 Å². The number of carbonyl (C=O) groups is 3. The number of hydrogen-bond donors (Lipinski definition) is 3. The Kier molecular flexibility index (Phi) is 14.2. The van der Waals surface area contributed by atoms with Crippen molar-refractivity contribution in [2.75, 3.05) is 43.3 Å². The molecule has 3 amide bonds. The predicted octanol–water partition coefficient (Wildman–Crippen LogP) is 7.05. The maximum atomic E-state index is 15.7. The number of nitro groups is 1. The van der Waals surface area contributed by atoms with Gasteiger partial charge >= 0.3 is 0 Å². The lowest BCUT2D eigenvalue weighted by molar-refractivity contribution is -0.385. The zero-order chi connectivity index (χ0) is 50.2. The molecular weight excluding hydrogens is 919 g/mol. The molecule has 4 aliphatic heterocycles. The van der Waals surface area contributed by atoms with Gasteiger partial charge in [-0.05, 0) is 115 Å². The van der Waals surface area contributed by atoms with Crippen LogP contribution in [0, 0.1) is 16.0 Å². The highest BCUT2D eigenvalue weighted by molar-refractivity contribution is 6.91. The zero-order valence-corrected chi connectivity index (χ0v) is 42.0. The summed E-state index contributed by atoms with van der Waals surface area (Å²) in [4.78, 5) is 61.8. The largest absolute Gasteiger partial charge is 0.497 e. The van der Waals surface area contributed by atoms with Crippen molar-refractivity contribution >= 4 is 53.7 Å². The summed E-state index contributed by atoms with van der Waals surface area (Å²) < 4.78 is 18.6. The molecule has 0 aromatic heterocycles. The lowest BCUT2D eigenvalue weighted by atomic mass is 9.82. The molecule has 0 bridgehead atoms. The first-order chi connectivity index (χ1) is 34.2. The molecule has 4 aliphatic rings. The number of carbonyl (C=O) groups excluding carboxylic acids is 3. The highest BCUT2D eigenvalue weighted by atomic mass is 28.3. The van der Waals surface area contributed by atoms with Gasteiger partial charge in [-0.1, -0.05) is 73.7 Å². The monoisotopic (exact) mass is 981 g/mol. The summed E-state index contributed by atoms with van der Waals surface area (Å²) in [7, 11) is -1.11. The van der Waals surface area contributed by atoms with E-state index in [2.05, 4.69) is 18.4 Å². The number of hydrogen-bond acceptors (Lipinski definition) is 11. The van der Waals surface area contributed by atoms with Crippen LogP contribution >= 0.6 is 0 Å². The van der Waals surface area contributed by atoms with Gasteiger partial charge in [0.15, 0.2) is 5.60 Å². The Morgan fingerprint density at radius 3 is 2.31 bits per heavy atom. The maximum Gasteiger partial charge on any atom is 0.269 e. The Labute approximate surface area is 415 Å². The molecule has 4 heterocycles. The number of nitrogens with zero attached hydrogens (tertiary/aromatic N) is 4. The van der Waals surface area contributed by atoms with E-state index in [1.54, 1.807) is 27.9 Å². The summed E-state index contributed by atoms with van der Waals surface area (Å²) in [5.74, 6) is 0.187. The second-order valence-corrected chi connectivity index (χ2v) is 24.4. The van der Waals surface area contributed by atoms with Crippen LogP contribution in [0.2, 0.25) is 18.6 Å². The van der Waals surface area contributed by atoms with Gasteiger partial charge in [-0.25, -0.2) is 0 Å². The van der Waals surface area contributed by atoms with Crippen molar-refractivity contribution in [1.82, 2.24) is 10.2 Å². The topological polar surface area (TPSA) is 184 Å². The second kappa shape index (κ2) is 20.4. The van der Waals surface area contributed by atoms with Crippen molar-refractivity contribution in [2.45, 2.75) is 101 Å². The quantitative estimate of drug-likeness (QED) is 0.0376. The lowest BCUT2D eigenvalue weighted by Crippen LogP contribution is -2.52. The van der Waals surface area contributed by atoms with Crippen LogP contribution in [0.25, 0.3) is 0 Å². The fraction of sp³-hybridized carbons (Fsp3) is 0.400. The van der Waals surface area contributed by atoms with Gasteiger partial charge in [-0.15, -0.1) is 0 Å². The van der Waals surface area contributed by atoms with Gasteiger partial charge in [0.25, 0.3) is 11.6 Å². The third-order valence-electron chi connectivity index (χ3n) is 15.3. The van der Waals surface area contributed by atoms with E-state index in [1.165, 1.54) is 12.1 Å². The Morgan fingerprint density at radius 2 is 1.62 bits per heavy atom. The summed E-state index contributed by atoms with van der Waals surface area (Å²) >= 11 is 0. The van der Waals surface area contributed by atoms with E-state index >= 15 is 4.79 Å². The van der Waals surface area contributed by atoms with Crippen molar-refractivity contribution in [1.29, 1.82) is 0 Å². The van der Waals surface area contributed by atoms with Crippen molar-refractivity contribution in [2.24, 2.45) is 5.92 Å². The number of fused-ring (bicyclic) bond motifs is 4. The third-order valence-corrected chi connectivity index (χ3v) is 19.7. The molecule has 0 saturated carbocycles. The molecule has 3 N–H and O–H groups in total. The van der Waals surface area contributed by atoms with E-state index in [1.807, 2.05) is 105 Å². The van der Waals surface area contributed by atoms with Crippen LogP contribution in [0.5, 0.6) is 11.5 Å². The Balaban J connectivity index is 1.06. The first-order valence-corrected chi connectivity index (χ1v) is 27.7. The first kappa shape index (κ1) is 49.5. The highest BCUT2D eigenvalue weighted by Gasteiger charge is 2.67. The minimum Gasteiger partial charge on any atom is -0.497 e. The number of anilines is 3. The Bertz CT molecular complexity index is 2810. The normalized spacial score (nSPS) is 22.6. The molecule has 1 saturated heterocycles. The summed E-state index contributed by atoms with van der Waals surface area (Å²) in [6.45, 7) is 9.70. The molecule has 0 aliphatic carbocycles. The average molecular weight is 982 g/mol. The van der Waals surface area contributed by atoms with E-state index in [0.717, 1.165) is 39.5 Å². The zero-order valence-electron chi connectivity index (χ0n) is 41.0. The Hall–Kier alpha value is -6.43. The van der Waals surface area contributed by atoms with Crippen molar-refractivity contribution in [3.63, 3.8) is 0 Å². The van der Waals surface area contributed by atoms with E-state index in [9.17, 15) is 29.9 Å².